The second kappa shape index (κ2) is 8.52. The Morgan fingerprint density at radius 1 is 1.07 bits per heavy atom. The molecule has 1 amide bonds. The molecule has 8 heteroatoms. The Morgan fingerprint density at radius 3 is 2.37 bits per heavy atom. The normalized spacial score (nSPS) is 16.2. The maximum absolute atomic E-state index is 12.6. The largest absolute Gasteiger partial charge is 0.325 e. The minimum Gasteiger partial charge on any atom is -0.325 e. The summed E-state index contributed by atoms with van der Waals surface area (Å²) in [6.45, 7) is 3.99. The van der Waals surface area contributed by atoms with Gasteiger partial charge in [0.15, 0.2) is 0 Å². The van der Waals surface area contributed by atoms with E-state index < -0.39 is 10.0 Å². The number of piperazine rings is 1. The number of amides is 1. The van der Waals surface area contributed by atoms with Crippen LogP contribution < -0.4 is 5.32 Å². The maximum atomic E-state index is 12.6. The molecule has 2 aromatic rings. The van der Waals surface area contributed by atoms with Crippen molar-refractivity contribution >= 4 is 37.5 Å². The second-order valence-corrected chi connectivity index (χ2v) is 9.35. The van der Waals surface area contributed by atoms with Crippen molar-refractivity contribution in [1.82, 2.24) is 9.21 Å². The van der Waals surface area contributed by atoms with Gasteiger partial charge in [0, 0.05) is 36.3 Å². The van der Waals surface area contributed by atoms with Crippen LogP contribution in [0.1, 0.15) is 5.56 Å². The average molecular weight is 452 g/mol. The van der Waals surface area contributed by atoms with Gasteiger partial charge in [0.2, 0.25) is 15.9 Å². The third kappa shape index (κ3) is 4.95. The number of nitrogens with zero attached hydrogens (tertiary/aromatic N) is 2. The number of sulfonamides is 1. The van der Waals surface area contributed by atoms with Crippen LogP contribution in [0.3, 0.4) is 0 Å². The summed E-state index contributed by atoms with van der Waals surface area (Å²) >= 11 is 3.41. The van der Waals surface area contributed by atoms with Gasteiger partial charge in [-0.1, -0.05) is 34.1 Å². The van der Waals surface area contributed by atoms with E-state index in [-0.39, 0.29) is 12.5 Å². The van der Waals surface area contributed by atoms with E-state index in [1.807, 2.05) is 30.0 Å². The highest BCUT2D eigenvalue weighted by molar-refractivity contribution is 9.10. The molecule has 2 aromatic carbocycles. The molecule has 1 heterocycles. The first-order chi connectivity index (χ1) is 12.9. The van der Waals surface area contributed by atoms with E-state index in [4.69, 9.17) is 0 Å². The molecule has 1 aliphatic heterocycles. The zero-order valence-electron chi connectivity index (χ0n) is 15.1. The van der Waals surface area contributed by atoms with Crippen molar-refractivity contribution in [3.63, 3.8) is 0 Å². The Labute approximate surface area is 168 Å². The molecule has 0 bridgehead atoms. The van der Waals surface area contributed by atoms with Crippen LogP contribution in [0.15, 0.2) is 57.9 Å². The predicted octanol–water partition coefficient (Wildman–Crippen LogP) is 2.70. The molecule has 3 rings (SSSR count). The molecule has 0 spiro atoms. The van der Waals surface area contributed by atoms with E-state index in [0.29, 0.717) is 31.1 Å². The first-order valence-corrected chi connectivity index (χ1v) is 10.9. The smallest absolute Gasteiger partial charge is 0.243 e. The molecule has 1 fully saturated rings. The summed E-state index contributed by atoms with van der Waals surface area (Å²) in [6.07, 6.45) is 0. The highest BCUT2D eigenvalue weighted by atomic mass is 79.9. The van der Waals surface area contributed by atoms with E-state index in [1.165, 1.54) is 4.31 Å². The molecule has 1 aliphatic rings. The number of benzene rings is 2. The summed E-state index contributed by atoms with van der Waals surface area (Å²) in [5.41, 5.74) is 1.77. The molecule has 0 atom stereocenters. The van der Waals surface area contributed by atoms with Crippen molar-refractivity contribution in [1.29, 1.82) is 0 Å². The fourth-order valence-electron chi connectivity index (χ4n) is 3.03. The number of anilines is 1. The van der Waals surface area contributed by atoms with Crippen molar-refractivity contribution < 1.29 is 13.2 Å². The Morgan fingerprint density at radius 2 is 1.74 bits per heavy atom. The molecule has 0 aliphatic carbocycles. The fraction of sp³-hybridized carbons (Fsp3) is 0.316. The Hall–Kier alpha value is -1.74. The van der Waals surface area contributed by atoms with Crippen molar-refractivity contribution in [2.24, 2.45) is 0 Å². The minimum absolute atomic E-state index is 0.0974. The van der Waals surface area contributed by atoms with E-state index in [0.717, 1.165) is 15.7 Å². The number of carbonyl (C=O) groups is 1. The summed E-state index contributed by atoms with van der Waals surface area (Å²) in [5.74, 6) is -0.0974. The third-order valence-corrected chi connectivity index (χ3v) is 6.95. The summed E-state index contributed by atoms with van der Waals surface area (Å²) in [4.78, 5) is 14.6. The monoisotopic (exact) mass is 451 g/mol. The van der Waals surface area contributed by atoms with Gasteiger partial charge >= 0.3 is 0 Å². The minimum atomic E-state index is -3.47. The Balaban J connectivity index is 1.54. The number of hydrogen-bond acceptors (Lipinski definition) is 4. The van der Waals surface area contributed by atoms with Crippen LogP contribution in [0.25, 0.3) is 0 Å². The zero-order valence-corrected chi connectivity index (χ0v) is 17.5. The molecular weight excluding hydrogens is 430 g/mol. The fourth-order valence-corrected chi connectivity index (χ4v) is 4.95. The number of hydrogen-bond donors (Lipinski definition) is 1. The van der Waals surface area contributed by atoms with Crippen LogP contribution in [0.2, 0.25) is 0 Å². The number of halogens is 1. The van der Waals surface area contributed by atoms with Gasteiger partial charge in [-0.25, -0.2) is 8.42 Å². The van der Waals surface area contributed by atoms with Crippen molar-refractivity contribution in [2.75, 3.05) is 38.0 Å². The van der Waals surface area contributed by atoms with Gasteiger partial charge in [0.1, 0.15) is 0 Å². The van der Waals surface area contributed by atoms with Crippen LogP contribution in [0.4, 0.5) is 5.69 Å². The lowest BCUT2D eigenvalue weighted by Crippen LogP contribution is -2.50. The SMILES string of the molecule is Cc1cc(Br)ccc1NC(=O)CN1CCN(S(=O)(=O)c2ccccc2)CC1. The molecule has 1 N–H and O–H groups in total. The van der Waals surface area contributed by atoms with Crippen LogP contribution in [0, 0.1) is 6.92 Å². The molecule has 1 saturated heterocycles. The second-order valence-electron chi connectivity index (χ2n) is 6.50. The van der Waals surface area contributed by atoms with Gasteiger partial charge in [0.25, 0.3) is 0 Å². The van der Waals surface area contributed by atoms with E-state index in [9.17, 15) is 13.2 Å². The lowest BCUT2D eigenvalue weighted by atomic mass is 10.2. The summed E-state index contributed by atoms with van der Waals surface area (Å²) < 4.78 is 27.7. The topological polar surface area (TPSA) is 69.7 Å². The van der Waals surface area contributed by atoms with E-state index in [1.54, 1.807) is 30.3 Å². The lowest BCUT2D eigenvalue weighted by Gasteiger charge is -2.33. The van der Waals surface area contributed by atoms with Gasteiger partial charge < -0.3 is 5.32 Å². The Kier molecular flexibility index (Phi) is 6.31. The van der Waals surface area contributed by atoms with Crippen LogP contribution in [0.5, 0.6) is 0 Å². The highest BCUT2D eigenvalue weighted by Crippen LogP contribution is 2.20. The quantitative estimate of drug-likeness (QED) is 0.758. The van der Waals surface area contributed by atoms with E-state index in [2.05, 4.69) is 21.2 Å². The van der Waals surface area contributed by atoms with Gasteiger partial charge in [-0.3, -0.25) is 9.69 Å². The Bertz CT molecular complexity index is 911. The first-order valence-electron chi connectivity index (χ1n) is 8.70. The van der Waals surface area contributed by atoms with Gasteiger partial charge in [-0.05, 0) is 42.8 Å². The molecule has 27 heavy (non-hydrogen) atoms. The molecule has 144 valence electrons. The summed E-state index contributed by atoms with van der Waals surface area (Å²) in [5, 5.41) is 2.92. The molecule has 0 aromatic heterocycles. The van der Waals surface area contributed by atoms with Crippen LogP contribution in [-0.2, 0) is 14.8 Å². The zero-order chi connectivity index (χ0) is 19.4. The average Bonchev–Trinajstić information content (AvgIpc) is 2.65. The third-order valence-electron chi connectivity index (χ3n) is 4.54. The van der Waals surface area contributed by atoms with Crippen molar-refractivity contribution in [3.05, 3.63) is 58.6 Å². The molecule has 0 unspecified atom stereocenters. The lowest BCUT2D eigenvalue weighted by molar-refractivity contribution is -0.117. The number of nitrogens with one attached hydrogen (secondary N) is 1. The molecular formula is C19H22BrN3O3S. The van der Waals surface area contributed by atoms with Gasteiger partial charge in [0.05, 0.1) is 11.4 Å². The molecule has 0 saturated carbocycles. The standard InChI is InChI=1S/C19H22BrN3O3S/c1-15-13-16(20)7-8-18(15)21-19(24)14-22-9-11-23(12-10-22)27(25,26)17-5-3-2-4-6-17/h2-8,13H,9-12,14H2,1H3,(H,21,24). The van der Waals surface area contributed by atoms with E-state index >= 15 is 0 Å². The first kappa shape index (κ1) is 20.0. The van der Waals surface area contributed by atoms with Crippen LogP contribution in [-0.4, -0.2) is 56.3 Å². The number of aryl methyl sites for hydroxylation is 1. The predicted molar refractivity (Wildman–Crippen MR) is 109 cm³/mol. The summed E-state index contributed by atoms with van der Waals surface area (Å²) in [6, 6.07) is 14.1. The van der Waals surface area contributed by atoms with Crippen molar-refractivity contribution in [3.8, 4) is 0 Å². The maximum Gasteiger partial charge on any atom is 0.243 e. The molecule has 6 nitrogen and oxygen atoms in total. The van der Waals surface area contributed by atoms with Crippen LogP contribution >= 0.6 is 15.9 Å². The van der Waals surface area contributed by atoms with Gasteiger partial charge in [-0.2, -0.15) is 4.31 Å². The molecule has 0 radical (unpaired) electrons. The summed E-state index contributed by atoms with van der Waals surface area (Å²) in [7, 11) is -3.47. The van der Waals surface area contributed by atoms with Crippen molar-refractivity contribution in [2.45, 2.75) is 11.8 Å². The number of rotatable bonds is 5. The number of carbonyl (C=O) groups excluding carboxylic acids is 1. The highest BCUT2D eigenvalue weighted by Gasteiger charge is 2.28. The van der Waals surface area contributed by atoms with Gasteiger partial charge in [-0.15, -0.1) is 0 Å².